The molecule has 1 N–H and O–H groups in total. The van der Waals surface area contributed by atoms with E-state index in [1.165, 1.54) is 4.52 Å². The van der Waals surface area contributed by atoms with Crippen molar-refractivity contribution in [1.29, 1.82) is 0 Å². The average molecular weight is 258 g/mol. The molecular weight excluding hydrogens is 244 g/mol. The SMILES string of the molecule is CCc1c(-c2ccn(C)n2)[nH]c2nc(C)nn2c1=O. The highest BCUT2D eigenvalue weighted by molar-refractivity contribution is 5.60. The zero-order valence-electron chi connectivity index (χ0n) is 11.0. The second-order valence-electron chi connectivity index (χ2n) is 4.41. The van der Waals surface area contributed by atoms with Gasteiger partial charge in [0.25, 0.3) is 5.56 Å². The molecule has 0 saturated heterocycles. The Hall–Kier alpha value is -2.44. The minimum Gasteiger partial charge on any atom is -0.322 e. The van der Waals surface area contributed by atoms with Crippen LogP contribution in [0, 0.1) is 6.92 Å². The summed E-state index contributed by atoms with van der Waals surface area (Å²) in [7, 11) is 1.84. The molecule has 7 heteroatoms. The maximum absolute atomic E-state index is 12.4. The molecule has 19 heavy (non-hydrogen) atoms. The van der Waals surface area contributed by atoms with Gasteiger partial charge in [-0.3, -0.25) is 9.48 Å². The number of fused-ring (bicyclic) bond motifs is 1. The highest BCUT2D eigenvalue weighted by Gasteiger charge is 2.15. The average Bonchev–Trinajstić information content (AvgIpc) is 2.94. The number of nitrogens with zero attached hydrogens (tertiary/aromatic N) is 5. The Kier molecular flexibility index (Phi) is 2.48. The predicted molar refractivity (Wildman–Crippen MR) is 69.9 cm³/mol. The second-order valence-corrected chi connectivity index (χ2v) is 4.41. The summed E-state index contributed by atoms with van der Waals surface area (Å²) < 4.78 is 3.01. The van der Waals surface area contributed by atoms with Crippen molar-refractivity contribution in [3.8, 4) is 11.4 Å². The van der Waals surface area contributed by atoms with Gasteiger partial charge in [-0.15, -0.1) is 5.10 Å². The zero-order chi connectivity index (χ0) is 13.6. The normalized spacial score (nSPS) is 11.3. The molecule has 0 saturated carbocycles. The molecule has 0 radical (unpaired) electrons. The molecular formula is C12H14N6O. The van der Waals surface area contributed by atoms with Crippen molar-refractivity contribution in [2.24, 2.45) is 7.05 Å². The summed E-state index contributed by atoms with van der Waals surface area (Å²) in [6, 6.07) is 1.87. The molecule has 0 bridgehead atoms. The van der Waals surface area contributed by atoms with Gasteiger partial charge in [0.15, 0.2) is 0 Å². The van der Waals surface area contributed by atoms with Crippen LogP contribution in [0.2, 0.25) is 0 Å². The molecule has 3 heterocycles. The number of aryl methyl sites for hydroxylation is 2. The van der Waals surface area contributed by atoms with E-state index in [0.29, 0.717) is 29.3 Å². The summed E-state index contributed by atoms with van der Waals surface area (Å²) in [5.74, 6) is 1.01. The highest BCUT2D eigenvalue weighted by Crippen LogP contribution is 2.17. The monoisotopic (exact) mass is 258 g/mol. The standard InChI is InChI=1S/C12H14N6O/c1-4-8-10(9-5-6-17(3)16-9)14-12-13-7(2)15-18(12)11(8)19/h5-6H,4H2,1-3H3,(H,13,14,15). The molecule has 0 amide bonds. The van der Waals surface area contributed by atoms with Crippen LogP contribution in [0.15, 0.2) is 17.1 Å². The van der Waals surface area contributed by atoms with Crippen LogP contribution in [0.3, 0.4) is 0 Å². The van der Waals surface area contributed by atoms with Crippen LogP contribution >= 0.6 is 0 Å². The maximum Gasteiger partial charge on any atom is 0.279 e. The fraction of sp³-hybridized carbons (Fsp3) is 0.333. The first kappa shape index (κ1) is 11.6. The summed E-state index contributed by atoms with van der Waals surface area (Å²) in [5.41, 5.74) is 1.97. The van der Waals surface area contributed by atoms with Gasteiger partial charge in [0.05, 0.1) is 5.69 Å². The van der Waals surface area contributed by atoms with Gasteiger partial charge >= 0.3 is 0 Å². The number of hydrogen-bond acceptors (Lipinski definition) is 4. The van der Waals surface area contributed by atoms with E-state index in [9.17, 15) is 4.79 Å². The van der Waals surface area contributed by atoms with Crippen LogP contribution in [0.5, 0.6) is 0 Å². The van der Waals surface area contributed by atoms with Crippen LogP contribution in [0.25, 0.3) is 17.2 Å². The van der Waals surface area contributed by atoms with Crippen molar-refractivity contribution in [3.63, 3.8) is 0 Å². The summed E-state index contributed by atoms with van der Waals surface area (Å²) in [6.45, 7) is 3.69. The van der Waals surface area contributed by atoms with Crippen molar-refractivity contribution in [2.45, 2.75) is 20.3 Å². The van der Waals surface area contributed by atoms with Gasteiger partial charge in [0, 0.05) is 18.8 Å². The van der Waals surface area contributed by atoms with E-state index in [1.54, 1.807) is 11.6 Å². The van der Waals surface area contributed by atoms with Gasteiger partial charge < -0.3 is 4.98 Å². The fourth-order valence-electron chi connectivity index (χ4n) is 2.15. The van der Waals surface area contributed by atoms with E-state index in [2.05, 4.69) is 20.2 Å². The molecule has 3 rings (SSSR count). The molecule has 3 aromatic rings. The number of rotatable bonds is 2. The quantitative estimate of drug-likeness (QED) is 0.733. The van der Waals surface area contributed by atoms with Crippen molar-refractivity contribution in [2.75, 3.05) is 0 Å². The van der Waals surface area contributed by atoms with Crippen molar-refractivity contribution >= 4 is 5.78 Å². The molecule has 0 unspecified atom stereocenters. The van der Waals surface area contributed by atoms with E-state index >= 15 is 0 Å². The van der Waals surface area contributed by atoms with Crippen LogP contribution in [-0.2, 0) is 13.5 Å². The first-order valence-electron chi connectivity index (χ1n) is 6.08. The lowest BCUT2D eigenvalue weighted by Crippen LogP contribution is -2.21. The first-order chi connectivity index (χ1) is 9.10. The summed E-state index contributed by atoms with van der Waals surface area (Å²) in [5, 5.41) is 8.43. The third kappa shape index (κ3) is 1.74. The number of H-pyrrole nitrogens is 1. The topological polar surface area (TPSA) is 80.9 Å². The minimum atomic E-state index is -0.141. The van der Waals surface area contributed by atoms with Crippen LogP contribution in [0.4, 0.5) is 0 Å². The van der Waals surface area contributed by atoms with Crippen molar-refractivity contribution in [1.82, 2.24) is 29.4 Å². The third-order valence-corrected chi connectivity index (χ3v) is 3.03. The van der Waals surface area contributed by atoms with Gasteiger partial charge in [0.1, 0.15) is 11.5 Å². The summed E-state index contributed by atoms with van der Waals surface area (Å²) >= 11 is 0. The predicted octanol–water partition coefficient (Wildman–Crippen LogP) is 0.689. The smallest absolute Gasteiger partial charge is 0.279 e. The first-order valence-corrected chi connectivity index (χ1v) is 6.08. The molecule has 0 aromatic carbocycles. The number of aromatic amines is 1. The lowest BCUT2D eigenvalue weighted by molar-refractivity contribution is 0.768. The molecule has 3 aromatic heterocycles. The molecule has 0 fully saturated rings. The molecule has 0 aliphatic rings. The number of aromatic nitrogens is 6. The molecule has 0 aliphatic heterocycles. The molecule has 0 atom stereocenters. The summed E-state index contributed by atoms with van der Waals surface area (Å²) in [4.78, 5) is 19.7. The van der Waals surface area contributed by atoms with Crippen LogP contribution < -0.4 is 5.56 Å². The fourth-order valence-corrected chi connectivity index (χ4v) is 2.15. The largest absolute Gasteiger partial charge is 0.322 e. The summed E-state index contributed by atoms with van der Waals surface area (Å²) in [6.07, 6.45) is 2.45. The lowest BCUT2D eigenvalue weighted by atomic mass is 10.1. The Morgan fingerprint density at radius 3 is 2.79 bits per heavy atom. The highest BCUT2D eigenvalue weighted by atomic mass is 16.1. The van der Waals surface area contributed by atoms with Gasteiger partial charge in [-0.1, -0.05) is 6.92 Å². The zero-order valence-corrected chi connectivity index (χ0v) is 11.0. The number of nitrogens with one attached hydrogen (secondary N) is 1. The lowest BCUT2D eigenvalue weighted by Gasteiger charge is -2.05. The number of hydrogen-bond donors (Lipinski definition) is 1. The molecule has 0 aliphatic carbocycles. The van der Waals surface area contributed by atoms with Gasteiger partial charge in [0.2, 0.25) is 5.78 Å². The van der Waals surface area contributed by atoms with E-state index in [0.717, 1.165) is 5.69 Å². The Morgan fingerprint density at radius 2 is 2.16 bits per heavy atom. The molecule has 98 valence electrons. The van der Waals surface area contributed by atoms with Gasteiger partial charge in [-0.25, -0.2) is 0 Å². The Bertz CT molecular complexity index is 809. The maximum atomic E-state index is 12.4. The second kappa shape index (κ2) is 4.04. The van der Waals surface area contributed by atoms with E-state index in [1.807, 2.05) is 26.2 Å². The van der Waals surface area contributed by atoms with Crippen molar-refractivity contribution in [3.05, 3.63) is 34.0 Å². The third-order valence-electron chi connectivity index (χ3n) is 3.03. The van der Waals surface area contributed by atoms with Crippen molar-refractivity contribution < 1.29 is 0 Å². The van der Waals surface area contributed by atoms with E-state index in [-0.39, 0.29) is 5.56 Å². The van der Waals surface area contributed by atoms with Crippen LogP contribution in [-0.4, -0.2) is 29.4 Å². The Morgan fingerprint density at radius 1 is 1.37 bits per heavy atom. The Balaban J connectivity index is 2.37. The van der Waals surface area contributed by atoms with Gasteiger partial charge in [-0.05, 0) is 19.4 Å². The van der Waals surface area contributed by atoms with Crippen LogP contribution in [0.1, 0.15) is 18.3 Å². The van der Waals surface area contributed by atoms with E-state index in [4.69, 9.17) is 0 Å². The molecule has 0 spiro atoms. The van der Waals surface area contributed by atoms with Gasteiger partial charge in [-0.2, -0.15) is 14.6 Å². The van der Waals surface area contributed by atoms with E-state index < -0.39 is 0 Å². The minimum absolute atomic E-state index is 0.141. The Labute approximate surface area is 108 Å². The molecule has 7 nitrogen and oxygen atoms in total.